The molecule has 7 heavy (non-hydrogen) atoms. The molecule has 0 saturated heterocycles. The fourth-order valence-electron chi connectivity index (χ4n) is 0.103. The van der Waals surface area contributed by atoms with E-state index in [2.05, 4.69) is 6.58 Å². The van der Waals surface area contributed by atoms with E-state index in [9.17, 15) is 0 Å². The zero-order valence-electron chi connectivity index (χ0n) is 4.20. The quantitative estimate of drug-likeness (QED) is 0.326. The van der Waals surface area contributed by atoms with Crippen LogP contribution < -0.4 is 0 Å². The SMILES string of the molecule is C=CC(C)[SiH](Cl)Cl. The van der Waals surface area contributed by atoms with Crippen molar-refractivity contribution in [2.45, 2.75) is 12.5 Å². The lowest BCUT2D eigenvalue weighted by Crippen LogP contribution is -1.97. The van der Waals surface area contributed by atoms with Crippen LogP contribution in [0.5, 0.6) is 0 Å². The van der Waals surface area contributed by atoms with Crippen molar-refractivity contribution in [3.05, 3.63) is 12.7 Å². The highest BCUT2D eigenvalue weighted by atomic mass is 35.7. The smallest absolute Gasteiger partial charge is 0.150 e. The molecule has 0 aliphatic rings. The summed E-state index contributed by atoms with van der Waals surface area (Å²) in [5, 5.41) is 0. The standard InChI is InChI=1S/C4H8Cl2Si/c1-3-4(2)7(5)6/h3-4,7H,1H2,2H3. The summed E-state index contributed by atoms with van der Waals surface area (Å²) in [6, 6.07) is 0. The summed E-state index contributed by atoms with van der Waals surface area (Å²) in [6.07, 6.45) is 1.79. The van der Waals surface area contributed by atoms with Crippen LogP contribution in [0.25, 0.3) is 0 Å². The van der Waals surface area contributed by atoms with Crippen LogP contribution in [0, 0.1) is 0 Å². The van der Waals surface area contributed by atoms with Crippen LogP contribution in [0.3, 0.4) is 0 Å². The van der Waals surface area contributed by atoms with Gasteiger partial charge in [-0.25, -0.2) is 0 Å². The molecular weight excluding hydrogens is 147 g/mol. The maximum atomic E-state index is 5.56. The molecule has 1 unspecified atom stereocenters. The highest BCUT2D eigenvalue weighted by Gasteiger charge is 2.07. The number of allylic oxidation sites excluding steroid dienone is 1. The summed E-state index contributed by atoms with van der Waals surface area (Å²) in [5.74, 6) is 0. The van der Waals surface area contributed by atoms with Gasteiger partial charge in [-0.2, -0.15) is 0 Å². The van der Waals surface area contributed by atoms with Crippen LogP contribution in [0.15, 0.2) is 12.7 Å². The van der Waals surface area contributed by atoms with Crippen LogP contribution in [0.1, 0.15) is 6.92 Å². The summed E-state index contributed by atoms with van der Waals surface area (Å²) in [7, 11) is -1.44. The maximum absolute atomic E-state index is 5.56. The van der Waals surface area contributed by atoms with Gasteiger partial charge in [0.25, 0.3) is 0 Å². The maximum Gasteiger partial charge on any atom is 0.243 e. The van der Waals surface area contributed by atoms with E-state index in [0.29, 0.717) is 5.54 Å². The second-order valence-corrected chi connectivity index (χ2v) is 6.64. The largest absolute Gasteiger partial charge is 0.243 e. The average molecular weight is 155 g/mol. The molecular formula is C4H8Cl2Si. The number of rotatable bonds is 2. The molecule has 0 bridgehead atoms. The predicted octanol–water partition coefficient (Wildman–Crippen LogP) is 2.26. The van der Waals surface area contributed by atoms with Gasteiger partial charge in [-0.3, -0.25) is 0 Å². The van der Waals surface area contributed by atoms with E-state index in [-0.39, 0.29) is 0 Å². The first-order valence-electron chi connectivity index (χ1n) is 2.09. The van der Waals surface area contributed by atoms with Gasteiger partial charge in [0.2, 0.25) is 7.42 Å². The molecule has 3 heteroatoms. The zero-order valence-corrected chi connectivity index (χ0v) is 6.86. The van der Waals surface area contributed by atoms with Crippen molar-refractivity contribution in [2.24, 2.45) is 0 Å². The van der Waals surface area contributed by atoms with Crippen LogP contribution >= 0.6 is 22.2 Å². The van der Waals surface area contributed by atoms with Crippen molar-refractivity contribution in [3.8, 4) is 0 Å². The minimum atomic E-state index is -1.44. The van der Waals surface area contributed by atoms with Gasteiger partial charge >= 0.3 is 0 Å². The van der Waals surface area contributed by atoms with E-state index in [1.54, 1.807) is 6.08 Å². The molecule has 0 radical (unpaired) electrons. The molecule has 0 N–H and O–H groups in total. The molecule has 0 spiro atoms. The Morgan fingerprint density at radius 3 is 2.14 bits per heavy atom. The molecule has 0 aliphatic heterocycles. The molecule has 0 aliphatic carbocycles. The molecule has 0 amide bonds. The van der Waals surface area contributed by atoms with E-state index in [1.807, 2.05) is 6.92 Å². The Balaban J connectivity index is 3.33. The van der Waals surface area contributed by atoms with E-state index in [1.165, 1.54) is 0 Å². The Hall–Kier alpha value is 0.537. The van der Waals surface area contributed by atoms with Crippen LogP contribution in [-0.4, -0.2) is 7.42 Å². The Labute approximate surface area is 55.1 Å². The summed E-state index contributed by atoms with van der Waals surface area (Å²) in [5.41, 5.74) is 0.336. The van der Waals surface area contributed by atoms with Gasteiger partial charge in [0.05, 0.1) is 0 Å². The topological polar surface area (TPSA) is 0 Å². The van der Waals surface area contributed by atoms with E-state index < -0.39 is 7.42 Å². The third-order valence-electron chi connectivity index (χ3n) is 0.769. The molecule has 42 valence electrons. The minimum Gasteiger partial charge on any atom is -0.150 e. The lowest BCUT2D eigenvalue weighted by molar-refractivity contribution is 1.20. The highest BCUT2D eigenvalue weighted by molar-refractivity contribution is 7.34. The Bertz CT molecular complexity index is 62.7. The fourth-order valence-corrected chi connectivity index (χ4v) is 0.926. The van der Waals surface area contributed by atoms with Gasteiger partial charge in [0.1, 0.15) is 0 Å². The van der Waals surface area contributed by atoms with Gasteiger partial charge in [0, 0.05) is 0 Å². The van der Waals surface area contributed by atoms with E-state index in [0.717, 1.165) is 0 Å². The van der Waals surface area contributed by atoms with Crippen molar-refractivity contribution in [3.63, 3.8) is 0 Å². The summed E-state index contributed by atoms with van der Waals surface area (Å²) < 4.78 is 0. The first kappa shape index (κ1) is 7.54. The molecule has 0 heterocycles. The van der Waals surface area contributed by atoms with Gasteiger partial charge < -0.3 is 0 Å². The average Bonchev–Trinajstić information content (AvgIpc) is 1.65. The van der Waals surface area contributed by atoms with Crippen LogP contribution in [0.2, 0.25) is 5.54 Å². The molecule has 0 saturated carbocycles. The predicted molar refractivity (Wildman–Crippen MR) is 38.5 cm³/mol. The third-order valence-corrected chi connectivity index (χ3v) is 4.22. The normalized spacial score (nSPS) is 14.3. The summed E-state index contributed by atoms with van der Waals surface area (Å²) in [4.78, 5) is 0. The zero-order chi connectivity index (χ0) is 5.86. The molecule has 0 aromatic carbocycles. The third kappa shape index (κ3) is 3.15. The molecule has 1 atom stereocenters. The summed E-state index contributed by atoms with van der Waals surface area (Å²) in [6.45, 7) is 5.52. The van der Waals surface area contributed by atoms with Crippen molar-refractivity contribution in [2.75, 3.05) is 0 Å². The fraction of sp³-hybridized carbons (Fsp3) is 0.500. The Morgan fingerprint density at radius 2 is 2.14 bits per heavy atom. The Morgan fingerprint density at radius 1 is 1.71 bits per heavy atom. The van der Waals surface area contributed by atoms with Gasteiger partial charge in [-0.15, -0.1) is 28.7 Å². The van der Waals surface area contributed by atoms with Crippen molar-refractivity contribution >= 4 is 29.6 Å². The molecule has 0 aromatic rings. The van der Waals surface area contributed by atoms with E-state index in [4.69, 9.17) is 22.2 Å². The number of hydrogen-bond donors (Lipinski definition) is 0. The molecule has 0 fully saturated rings. The highest BCUT2D eigenvalue weighted by Crippen LogP contribution is 2.15. The second-order valence-electron chi connectivity index (χ2n) is 1.43. The van der Waals surface area contributed by atoms with Crippen molar-refractivity contribution < 1.29 is 0 Å². The van der Waals surface area contributed by atoms with Crippen LogP contribution in [0.4, 0.5) is 0 Å². The first-order valence-corrected chi connectivity index (χ1v) is 6.25. The van der Waals surface area contributed by atoms with E-state index >= 15 is 0 Å². The molecule has 0 nitrogen and oxygen atoms in total. The molecule has 0 aromatic heterocycles. The first-order chi connectivity index (χ1) is 3.18. The van der Waals surface area contributed by atoms with Crippen molar-refractivity contribution in [1.29, 1.82) is 0 Å². The van der Waals surface area contributed by atoms with Crippen molar-refractivity contribution in [1.82, 2.24) is 0 Å². The minimum absolute atomic E-state index is 0.336. The lowest BCUT2D eigenvalue weighted by atomic mass is 10.5. The Kier molecular flexibility index (Phi) is 3.80. The monoisotopic (exact) mass is 154 g/mol. The summed E-state index contributed by atoms with van der Waals surface area (Å²) >= 11 is 11.1. The number of hydrogen-bond acceptors (Lipinski definition) is 0. The van der Waals surface area contributed by atoms with Gasteiger partial charge in [-0.1, -0.05) is 13.0 Å². The van der Waals surface area contributed by atoms with Gasteiger partial charge in [-0.05, 0) is 5.54 Å². The number of halogens is 2. The van der Waals surface area contributed by atoms with Crippen LogP contribution in [-0.2, 0) is 0 Å². The van der Waals surface area contributed by atoms with Gasteiger partial charge in [0.15, 0.2) is 0 Å². The lowest BCUT2D eigenvalue weighted by Gasteiger charge is -2.00. The second kappa shape index (κ2) is 3.53. The molecule has 0 rings (SSSR count).